The molecule has 0 aliphatic heterocycles. The molecule has 2 aromatic rings. The van der Waals surface area contributed by atoms with Crippen molar-refractivity contribution in [2.24, 2.45) is 5.73 Å². The van der Waals surface area contributed by atoms with Gasteiger partial charge < -0.3 is 10.5 Å². The standard InChI is InChI=1S/C12H17N5O2/c1-8-14-10(6-9-15-16-11(18)17(8)9)19-7-12(13)4-2-3-5-12/h6H,2-5,7,13H2,1H3,(H,16,18). The smallest absolute Gasteiger partial charge is 0.349 e. The second kappa shape index (κ2) is 4.34. The molecule has 0 aromatic carbocycles. The van der Waals surface area contributed by atoms with E-state index in [4.69, 9.17) is 10.5 Å². The highest BCUT2D eigenvalue weighted by atomic mass is 16.5. The molecule has 7 heteroatoms. The van der Waals surface area contributed by atoms with E-state index in [9.17, 15) is 4.79 Å². The summed E-state index contributed by atoms with van der Waals surface area (Å²) in [4.78, 5) is 15.7. The Morgan fingerprint density at radius 3 is 3.00 bits per heavy atom. The Labute approximate surface area is 109 Å². The summed E-state index contributed by atoms with van der Waals surface area (Å²) >= 11 is 0. The number of fused-ring (bicyclic) bond motifs is 1. The van der Waals surface area contributed by atoms with Crippen LogP contribution in [0.1, 0.15) is 31.5 Å². The van der Waals surface area contributed by atoms with Crippen LogP contribution in [0.4, 0.5) is 0 Å². The average Bonchev–Trinajstić information content (AvgIpc) is 2.95. The molecule has 2 heterocycles. The summed E-state index contributed by atoms with van der Waals surface area (Å²) in [6.07, 6.45) is 4.27. The van der Waals surface area contributed by atoms with E-state index in [1.165, 1.54) is 4.40 Å². The number of aromatic nitrogens is 4. The molecule has 2 aromatic heterocycles. The lowest BCUT2D eigenvalue weighted by Gasteiger charge is -2.23. The SMILES string of the molecule is Cc1nc(OCC2(N)CCCC2)cc2n[nH]c(=O)n12. The highest BCUT2D eigenvalue weighted by molar-refractivity contribution is 5.40. The van der Waals surface area contributed by atoms with Crippen molar-refractivity contribution in [1.82, 2.24) is 19.6 Å². The first kappa shape index (κ1) is 12.2. The van der Waals surface area contributed by atoms with Gasteiger partial charge in [-0.25, -0.2) is 14.3 Å². The van der Waals surface area contributed by atoms with Crippen LogP contribution in [-0.4, -0.2) is 31.7 Å². The van der Waals surface area contributed by atoms with Crippen molar-refractivity contribution in [1.29, 1.82) is 0 Å². The van der Waals surface area contributed by atoms with E-state index in [1.807, 2.05) is 0 Å². The number of nitrogens with zero attached hydrogens (tertiary/aromatic N) is 3. The van der Waals surface area contributed by atoms with Crippen LogP contribution in [0.15, 0.2) is 10.9 Å². The van der Waals surface area contributed by atoms with Gasteiger partial charge in [0.15, 0.2) is 5.65 Å². The van der Waals surface area contributed by atoms with Crippen LogP contribution in [0.5, 0.6) is 5.88 Å². The van der Waals surface area contributed by atoms with Crippen molar-refractivity contribution < 1.29 is 4.74 Å². The molecule has 1 saturated carbocycles. The van der Waals surface area contributed by atoms with Crippen molar-refractivity contribution in [2.75, 3.05) is 6.61 Å². The van der Waals surface area contributed by atoms with Crippen LogP contribution in [0.2, 0.25) is 0 Å². The Bertz CT molecular complexity index is 654. The maximum atomic E-state index is 11.5. The lowest BCUT2D eigenvalue weighted by Crippen LogP contribution is -2.42. The molecular weight excluding hydrogens is 246 g/mol. The van der Waals surface area contributed by atoms with Crippen LogP contribution >= 0.6 is 0 Å². The number of H-pyrrole nitrogens is 1. The van der Waals surface area contributed by atoms with E-state index in [-0.39, 0.29) is 11.2 Å². The van der Waals surface area contributed by atoms with Gasteiger partial charge in [-0.05, 0) is 19.8 Å². The first-order chi connectivity index (χ1) is 9.07. The summed E-state index contributed by atoms with van der Waals surface area (Å²) in [5, 5.41) is 6.30. The van der Waals surface area contributed by atoms with E-state index >= 15 is 0 Å². The third-order valence-electron chi connectivity index (χ3n) is 3.65. The van der Waals surface area contributed by atoms with Crippen molar-refractivity contribution in [3.05, 3.63) is 22.4 Å². The van der Waals surface area contributed by atoms with E-state index in [0.29, 0.717) is 24.0 Å². The fourth-order valence-corrected chi connectivity index (χ4v) is 2.59. The fourth-order valence-electron chi connectivity index (χ4n) is 2.59. The lowest BCUT2D eigenvalue weighted by atomic mass is 10.0. The Balaban J connectivity index is 1.83. The normalized spacial score (nSPS) is 18.0. The number of nitrogens with two attached hydrogens (primary N) is 1. The molecular formula is C12H17N5O2. The molecule has 0 amide bonds. The Hall–Kier alpha value is -1.89. The Morgan fingerprint density at radius 2 is 2.26 bits per heavy atom. The number of rotatable bonds is 3. The van der Waals surface area contributed by atoms with E-state index in [2.05, 4.69) is 15.2 Å². The quantitative estimate of drug-likeness (QED) is 0.834. The minimum Gasteiger partial charge on any atom is -0.476 e. The van der Waals surface area contributed by atoms with Crippen molar-refractivity contribution >= 4 is 5.65 Å². The second-order valence-corrected chi connectivity index (χ2v) is 5.22. The molecule has 19 heavy (non-hydrogen) atoms. The number of hydrogen-bond acceptors (Lipinski definition) is 5. The van der Waals surface area contributed by atoms with Gasteiger partial charge in [-0.2, -0.15) is 10.1 Å². The molecule has 0 unspecified atom stereocenters. The van der Waals surface area contributed by atoms with Crippen LogP contribution in [0.25, 0.3) is 5.65 Å². The van der Waals surface area contributed by atoms with Crippen LogP contribution in [-0.2, 0) is 0 Å². The molecule has 0 atom stereocenters. The van der Waals surface area contributed by atoms with Crippen molar-refractivity contribution in [3.63, 3.8) is 0 Å². The summed E-state index contributed by atoms with van der Waals surface area (Å²) in [6.45, 7) is 2.19. The summed E-state index contributed by atoms with van der Waals surface area (Å²) in [7, 11) is 0. The van der Waals surface area contributed by atoms with Gasteiger partial charge in [0.05, 0.1) is 5.54 Å². The van der Waals surface area contributed by atoms with Gasteiger partial charge >= 0.3 is 5.69 Å². The molecule has 7 nitrogen and oxygen atoms in total. The molecule has 1 aliphatic carbocycles. The van der Waals surface area contributed by atoms with Crippen molar-refractivity contribution in [2.45, 2.75) is 38.1 Å². The summed E-state index contributed by atoms with van der Waals surface area (Å²) in [5.74, 6) is 1.00. The molecule has 3 N–H and O–H groups in total. The first-order valence-electron chi connectivity index (χ1n) is 6.44. The van der Waals surface area contributed by atoms with Gasteiger partial charge in [0, 0.05) is 6.07 Å². The first-order valence-corrected chi connectivity index (χ1v) is 6.44. The molecule has 1 aliphatic rings. The average molecular weight is 263 g/mol. The third kappa shape index (κ3) is 2.21. The molecule has 0 radical (unpaired) electrons. The summed E-state index contributed by atoms with van der Waals surface area (Å²) in [5.41, 5.74) is 6.20. The zero-order valence-electron chi connectivity index (χ0n) is 10.8. The van der Waals surface area contributed by atoms with Crippen molar-refractivity contribution in [3.8, 4) is 5.88 Å². The fraction of sp³-hybridized carbons (Fsp3) is 0.583. The molecule has 3 rings (SSSR count). The highest BCUT2D eigenvalue weighted by Gasteiger charge is 2.30. The largest absolute Gasteiger partial charge is 0.476 e. The maximum Gasteiger partial charge on any atom is 0.349 e. The van der Waals surface area contributed by atoms with Gasteiger partial charge in [0.1, 0.15) is 12.4 Å². The van der Waals surface area contributed by atoms with E-state index in [1.54, 1.807) is 13.0 Å². The minimum atomic E-state index is -0.294. The summed E-state index contributed by atoms with van der Waals surface area (Å²) in [6, 6.07) is 1.64. The Kier molecular flexibility index (Phi) is 2.78. The molecule has 102 valence electrons. The third-order valence-corrected chi connectivity index (χ3v) is 3.65. The van der Waals surface area contributed by atoms with Gasteiger partial charge in [-0.1, -0.05) is 12.8 Å². The number of ether oxygens (including phenoxy) is 1. The van der Waals surface area contributed by atoms with Crippen LogP contribution in [0.3, 0.4) is 0 Å². The minimum absolute atomic E-state index is 0.243. The van der Waals surface area contributed by atoms with E-state index < -0.39 is 0 Å². The Morgan fingerprint density at radius 1 is 1.53 bits per heavy atom. The highest BCUT2D eigenvalue weighted by Crippen LogP contribution is 2.27. The topological polar surface area (TPSA) is 98.3 Å². The molecule has 0 bridgehead atoms. The van der Waals surface area contributed by atoms with Gasteiger partial charge in [0.25, 0.3) is 0 Å². The number of nitrogens with one attached hydrogen (secondary N) is 1. The monoisotopic (exact) mass is 263 g/mol. The zero-order valence-corrected chi connectivity index (χ0v) is 10.8. The lowest BCUT2D eigenvalue weighted by molar-refractivity contribution is 0.213. The van der Waals surface area contributed by atoms with Crippen LogP contribution < -0.4 is 16.2 Å². The number of aryl methyl sites for hydroxylation is 1. The predicted molar refractivity (Wildman–Crippen MR) is 69.2 cm³/mol. The molecule has 0 saturated heterocycles. The maximum absolute atomic E-state index is 11.5. The van der Waals surface area contributed by atoms with Crippen LogP contribution in [0, 0.1) is 6.92 Å². The molecule has 1 fully saturated rings. The van der Waals surface area contributed by atoms with Gasteiger partial charge in [0.2, 0.25) is 5.88 Å². The summed E-state index contributed by atoms with van der Waals surface area (Å²) < 4.78 is 7.09. The molecule has 0 spiro atoms. The van der Waals surface area contributed by atoms with Gasteiger partial charge in [-0.3, -0.25) is 0 Å². The number of aromatic amines is 1. The number of hydrogen-bond donors (Lipinski definition) is 2. The van der Waals surface area contributed by atoms with Gasteiger partial charge in [-0.15, -0.1) is 0 Å². The predicted octanol–water partition coefficient (Wildman–Crippen LogP) is 0.376. The zero-order chi connectivity index (χ0) is 13.5. The van der Waals surface area contributed by atoms with E-state index in [0.717, 1.165) is 25.7 Å². The second-order valence-electron chi connectivity index (χ2n) is 5.22.